The van der Waals surface area contributed by atoms with Gasteiger partial charge < -0.3 is 15.5 Å². The lowest BCUT2D eigenvalue weighted by Crippen LogP contribution is -2.20. The number of ether oxygens (including phenoxy) is 1. The molecule has 1 saturated heterocycles. The molecule has 18 heavy (non-hydrogen) atoms. The van der Waals surface area contributed by atoms with Gasteiger partial charge in [0.15, 0.2) is 0 Å². The smallest absolute Gasteiger partial charge is 0.354 e. The molecule has 1 aromatic rings. The molecule has 2 rings (SSSR count). The molecule has 0 amide bonds. The maximum absolute atomic E-state index is 11.0. The molecule has 0 bridgehead atoms. The van der Waals surface area contributed by atoms with E-state index in [2.05, 4.69) is 20.7 Å². The van der Waals surface area contributed by atoms with E-state index in [9.17, 15) is 10.1 Å². The van der Waals surface area contributed by atoms with Gasteiger partial charge in [-0.1, -0.05) is 0 Å². The second-order valence-corrected chi connectivity index (χ2v) is 3.84. The zero-order valence-corrected chi connectivity index (χ0v) is 9.63. The number of nitrogens with two attached hydrogens (primary N) is 1. The van der Waals surface area contributed by atoms with Crippen LogP contribution >= 0.6 is 0 Å². The summed E-state index contributed by atoms with van der Waals surface area (Å²) in [7, 11) is 0. The molecule has 9 heteroatoms. The molecular weight excluding hydrogens is 240 g/mol. The van der Waals surface area contributed by atoms with Gasteiger partial charge in [-0.15, -0.1) is 0 Å². The lowest BCUT2D eigenvalue weighted by atomic mass is 10.2. The second kappa shape index (κ2) is 5.56. The summed E-state index contributed by atoms with van der Waals surface area (Å²) in [5.74, 6) is 5.29. The van der Waals surface area contributed by atoms with E-state index in [0.29, 0.717) is 6.54 Å². The number of nitrogen functional groups attached to an aromatic ring is 1. The Bertz CT molecular complexity index is 434. The molecule has 1 atom stereocenters. The maximum Gasteiger partial charge on any atom is 0.354 e. The Morgan fingerprint density at radius 1 is 1.56 bits per heavy atom. The zero-order valence-electron chi connectivity index (χ0n) is 9.63. The van der Waals surface area contributed by atoms with Crippen LogP contribution in [0.3, 0.4) is 0 Å². The molecular formula is C9H14N6O3. The van der Waals surface area contributed by atoms with Crippen LogP contribution in [0.1, 0.15) is 12.8 Å². The molecule has 1 fully saturated rings. The summed E-state index contributed by atoms with van der Waals surface area (Å²) >= 11 is 0. The highest BCUT2D eigenvalue weighted by Gasteiger charge is 2.23. The fourth-order valence-electron chi connectivity index (χ4n) is 1.80. The minimum atomic E-state index is -0.576. The third-order valence-corrected chi connectivity index (χ3v) is 2.66. The molecule has 1 aliphatic heterocycles. The van der Waals surface area contributed by atoms with Crippen molar-refractivity contribution in [2.75, 3.05) is 23.9 Å². The van der Waals surface area contributed by atoms with Crippen molar-refractivity contribution in [1.82, 2.24) is 9.97 Å². The number of nitro groups is 1. The first-order valence-corrected chi connectivity index (χ1v) is 5.54. The molecule has 0 aliphatic carbocycles. The van der Waals surface area contributed by atoms with E-state index < -0.39 is 4.92 Å². The Hall–Kier alpha value is -2.00. The predicted octanol–water partition coefficient (Wildman–Crippen LogP) is 0.261. The average Bonchev–Trinajstić information content (AvgIpc) is 2.88. The molecule has 98 valence electrons. The van der Waals surface area contributed by atoms with Crippen LogP contribution in [0, 0.1) is 10.1 Å². The van der Waals surface area contributed by atoms with Gasteiger partial charge in [0.25, 0.3) is 0 Å². The van der Waals surface area contributed by atoms with Crippen LogP contribution in [0.15, 0.2) is 6.33 Å². The van der Waals surface area contributed by atoms with Crippen molar-refractivity contribution < 1.29 is 9.66 Å². The summed E-state index contributed by atoms with van der Waals surface area (Å²) in [6.45, 7) is 1.20. The SMILES string of the molecule is NNc1ncnc(NCC2CCCO2)c1[N+](=O)[O-]. The first-order valence-electron chi connectivity index (χ1n) is 5.54. The van der Waals surface area contributed by atoms with Gasteiger partial charge >= 0.3 is 5.69 Å². The quantitative estimate of drug-likeness (QED) is 0.388. The van der Waals surface area contributed by atoms with Gasteiger partial charge in [0.2, 0.25) is 11.6 Å². The average molecular weight is 254 g/mol. The van der Waals surface area contributed by atoms with Crippen molar-refractivity contribution in [2.45, 2.75) is 18.9 Å². The third kappa shape index (κ3) is 2.63. The molecule has 1 aliphatic rings. The van der Waals surface area contributed by atoms with E-state index in [4.69, 9.17) is 10.6 Å². The Kier molecular flexibility index (Phi) is 3.85. The standard InChI is InChI=1S/C9H14N6O3/c10-14-9-7(15(16)17)8(12-5-13-9)11-4-6-2-1-3-18-6/h5-6H,1-4,10H2,(H2,11,12,13,14). The van der Waals surface area contributed by atoms with Crippen LogP contribution in [0.4, 0.5) is 17.3 Å². The number of hydrazine groups is 1. The Morgan fingerprint density at radius 3 is 2.94 bits per heavy atom. The van der Waals surface area contributed by atoms with Gasteiger partial charge in [0, 0.05) is 13.2 Å². The number of nitrogens with zero attached hydrogens (tertiary/aromatic N) is 3. The normalized spacial score (nSPS) is 18.6. The van der Waals surface area contributed by atoms with Crippen LogP contribution in [-0.2, 0) is 4.74 Å². The fraction of sp³-hybridized carbons (Fsp3) is 0.556. The lowest BCUT2D eigenvalue weighted by molar-refractivity contribution is -0.383. The van der Waals surface area contributed by atoms with Gasteiger partial charge in [-0.2, -0.15) is 0 Å². The van der Waals surface area contributed by atoms with Gasteiger partial charge in [-0.05, 0) is 12.8 Å². The molecule has 0 saturated carbocycles. The summed E-state index contributed by atoms with van der Waals surface area (Å²) in [5.41, 5.74) is 1.92. The monoisotopic (exact) mass is 254 g/mol. The summed E-state index contributed by atoms with van der Waals surface area (Å²) < 4.78 is 5.42. The minimum Gasteiger partial charge on any atom is -0.376 e. The van der Waals surface area contributed by atoms with Crippen LogP contribution < -0.4 is 16.6 Å². The molecule has 1 aromatic heterocycles. The van der Waals surface area contributed by atoms with Gasteiger partial charge in [0.1, 0.15) is 6.33 Å². The number of hydrogen-bond acceptors (Lipinski definition) is 8. The minimum absolute atomic E-state index is 0.0233. The first-order chi connectivity index (χ1) is 8.72. The lowest BCUT2D eigenvalue weighted by Gasteiger charge is -2.11. The number of anilines is 2. The van der Waals surface area contributed by atoms with Crippen LogP contribution in [-0.4, -0.2) is 34.1 Å². The summed E-state index contributed by atoms with van der Waals surface area (Å²) in [4.78, 5) is 17.9. The van der Waals surface area contributed by atoms with E-state index in [1.807, 2.05) is 0 Å². The molecule has 9 nitrogen and oxygen atoms in total. The number of rotatable bonds is 5. The fourth-order valence-corrected chi connectivity index (χ4v) is 1.80. The van der Waals surface area contributed by atoms with Crippen molar-refractivity contribution in [1.29, 1.82) is 0 Å². The van der Waals surface area contributed by atoms with Crippen LogP contribution in [0.25, 0.3) is 0 Å². The second-order valence-electron chi connectivity index (χ2n) is 3.84. The number of aromatic nitrogens is 2. The molecule has 1 unspecified atom stereocenters. The Balaban J connectivity index is 2.13. The first kappa shape index (κ1) is 12.5. The highest BCUT2D eigenvalue weighted by atomic mass is 16.6. The Labute approximate surface area is 103 Å². The van der Waals surface area contributed by atoms with Crippen LogP contribution in [0.2, 0.25) is 0 Å². The topological polar surface area (TPSA) is 128 Å². The van der Waals surface area contributed by atoms with Gasteiger partial charge in [0.05, 0.1) is 11.0 Å². The predicted molar refractivity (Wildman–Crippen MR) is 64.0 cm³/mol. The van der Waals surface area contributed by atoms with E-state index in [-0.39, 0.29) is 23.4 Å². The maximum atomic E-state index is 11.0. The zero-order chi connectivity index (χ0) is 13.0. The molecule has 0 radical (unpaired) electrons. The van der Waals surface area contributed by atoms with Crippen molar-refractivity contribution in [2.24, 2.45) is 5.84 Å². The van der Waals surface area contributed by atoms with E-state index in [1.54, 1.807) is 0 Å². The summed E-state index contributed by atoms with van der Waals surface area (Å²) in [6, 6.07) is 0. The number of nitrogens with one attached hydrogen (secondary N) is 2. The van der Waals surface area contributed by atoms with Gasteiger partial charge in [-0.25, -0.2) is 15.8 Å². The van der Waals surface area contributed by atoms with Crippen molar-refractivity contribution in [3.8, 4) is 0 Å². The van der Waals surface area contributed by atoms with E-state index in [1.165, 1.54) is 6.33 Å². The molecule has 0 spiro atoms. The summed E-state index contributed by atoms with van der Waals surface area (Å²) in [6.07, 6.45) is 3.22. The molecule has 4 N–H and O–H groups in total. The van der Waals surface area contributed by atoms with Crippen LogP contribution in [0.5, 0.6) is 0 Å². The van der Waals surface area contributed by atoms with Crippen molar-refractivity contribution in [3.63, 3.8) is 0 Å². The van der Waals surface area contributed by atoms with Crippen molar-refractivity contribution >= 4 is 17.3 Å². The third-order valence-electron chi connectivity index (χ3n) is 2.66. The number of hydrogen-bond donors (Lipinski definition) is 3. The van der Waals surface area contributed by atoms with E-state index >= 15 is 0 Å². The Morgan fingerprint density at radius 2 is 2.33 bits per heavy atom. The highest BCUT2D eigenvalue weighted by Crippen LogP contribution is 2.28. The van der Waals surface area contributed by atoms with Gasteiger partial charge in [-0.3, -0.25) is 10.1 Å². The van der Waals surface area contributed by atoms with Crippen molar-refractivity contribution in [3.05, 3.63) is 16.4 Å². The largest absolute Gasteiger partial charge is 0.376 e. The highest BCUT2D eigenvalue weighted by molar-refractivity contribution is 5.68. The molecule has 2 heterocycles. The van der Waals surface area contributed by atoms with E-state index in [0.717, 1.165) is 19.4 Å². The molecule has 0 aromatic carbocycles. The summed E-state index contributed by atoms with van der Waals surface area (Å²) in [5, 5.41) is 13.9.